The number of rotatable bonds is 0. The van der Waals surface area contributed by atoms with Crippen LogP contribution in [0.4, 0.5) is 0 Å². The molecular weight excluding hydrogens is 280 g/mol. The first-order chi connectivity index (χ1) is 0. The SMILES string of the molecule is O.O.[Bi].[K]. The minimum absolute atomic E-state index is 0. The van der Waals surface area contributed by atoms with Crippen LogP contribution in [0, 0.1) is 0 Å². The molecule has 0 unspecified atom stereocenters. The first-order valence-corrected chi connectivity index (χ1v) is 0. The van der Waals surface area contributed by atoms with Crippen LogP contribution >= 0.6 is 0 Å². The maximum absolute atomic E-state index is 0. The Morgan fingerprint density at radius 1 is 0.750 bits per heavy atom. The van der Waals surface area contributed by atoms with Gasteiger partial charge in [0, 0.05) is 77.6 Å². The van der Waals surface area contributed by atoms with E-state index in [1.807, 2.05) is 0 Å². The first-order valence-electron chi connectivity index (χ1n) is 0. The van der Waals surface area contributed by atoms with Gasteiger partial charge in [-0.2, -0.15) is 0 Å². The molecule has 0 fully saturated rings. The zero-order chi connectivity index (χ0) is 0. The van der Waals surface area contributed by atoms with Gasteiger partial charge < -0.3 is 11.0 Å². The molecule has 0 aliphatic carbocycles. The van der Waals surface area contributed by atoms with E-state index in [0.717, 1.165) is 0 Å². The quantitative estimate of drug-likeness (QED) is 0.445. The molecule has 0 atom stereocenters. The van der Waals surface area contributed by atoms with Crippen LogP contribution in [0.3, 0.4) is 0 Å². The first kappa shape index (κ1) is 32.0. The summed E-state index contributed by atoms with van der Waals surface area (Å²) in [7, 11) is 0. The van der Waals surface area contributed by atoms with E-state index >= 15 is 0 Å². The van der Waals surface area contributed by atoms with Crippen LogP contribution in [0.2, 0.25) is 0 Å². The zero-order valence-corrected chi connectivity index (χ0v) is 9.05. The average molecular weight is 284 g/mol. The molecule has 0 aliphatic heterocycles. The van der Waals surface area contributed by atoms with Crippen molar-refractivity contribution in [3.05, 3.63) is 0 Å². The molecule has 4 heavy (non-hydrogen) atoms. The Labute approximate surface area is 86.5 Å². The summed E-state index contributed by atoms with van der Waals surface area (Å²) < 4.78 is 0. The Morgan fingerprint density at radius 3 is 0.750 bits per heavy atom. The van der Waals surface area contributed by atoms with Crippen molar-refractivity contribution in [3.8, 4) is 0 Å². The Kier molecular flexibility index (Phi) is 144. The second-order valence-corrected chi connectivity index (χ2v) is 0. The predicted octanol–water partition coefficient (Wildman–Crippen LogP) is -2.41. The van der Waals surface area contributed by atoms with E-state index in [1.54, 1.807) is 0 Å². The van der Waals surface area contributed by atoms with E-state index in [9.17, 15) is 0 Å². The van der Waals surface area contributed by atoms with Crippen molar-refractivity contribution >= 4 is 77.6 Å². The molecular formula is H4BiKO2. The van der Waals surface area contributed by atoms with Crippen molar-refractivity contribution in [2.24, 2.45) is 0 Å². The van der Waals surface area contributed by atoms with Gasteiger partial charge in [-0.3, -0.25) is 0 Å². The standard InChI is InChI=1S/Bi.K.2H2O/h;;2*1H2. The maximum atomic E-state index is 0. The van der Waals surface area contributed by atoms with Gasteiger partial charge in [-0.25, -0.2) is 0 Å². The Morgan fingerprint density at radius 2 is 0.750 bits per heavy atom. The Balaban J connectivity index is 0. The number of hydrogen-bond donors (Lipinski definition) is 0. The number of hydrogen-bond acceptors (Lipinski definition) is 0. The molecule has 0 bridgehead atoms. The third-order valence-corrected chi connectivity index (χ3v) is 0. The summed E-state index contributed by atoms with van der Waals surface area (Å²) in [6.45, 7) is 0. The summed E-state index contributed by atoms with van der Waals surface area (Å²) in [6, 6.07) is 0. The van der Waals surface area contributed by atoms with Gasteiger partial charge in [-0.1, -0.05) is 0 Å². The fourth-order valence-corrected chi connectivity index (χ4v) is 0. The molecule has 0 heterocycles. The van der Waals surface area contributed by atoms with Crippen LogP contribution in [0.5, 0.6) is 0 Å². The second kappa shape index (κ2) is 18.0. The molecule has 0 aromatic heterocycles. The molecule has 0 rings (SSSR count). The van der Waals surface area contributed by atoms with Gasteiger partial charge in [-0.05, 0) is 0 Å². The summed E-state index contributed by atoms with van der Waals surface area (Å²) in [5, 5.41) is 0. The van der Waals surface area contributed by atoms with Crippen LogP contribution in [-0.4, -0.2) is 88.5 Å². The summed E-state index contributed by atoms with van der Waals surface area (Å²) in [5.41, 5.74) is 0. The van der Waals surface area contributed by atoms with Crippen LogP contribution < -0.4 is 0 Å². The van der Waals surface area contributed by atoms with Crippen molar-refractivity contribution in [2.45, 2.75) is 0 Å². The van der Waals surface area contributed by atoms with Crippen LogP contribution in [0.15, 0.2) is 0 Å². The third kappa shape index (κ3) is 8.83. The van der Waals surface area contributed by atoms with Crippen LogP contribution in [0.25, 0.3) is 0 Å². The molecule has 0 saturated heterocycles. The summed E-state index contributed by atoms with van der Waals surface area (Å²) >= 11 is 0. The monoisotopic (exact) mass is 284 g/mol. The molecule has 0 saturated carbocycles. The predicted molar refractivity (Wildman–Crippen MR) is 18.7 cm³/mol. The summed E-state index contributed by atoms with van der Waals surface area (Å²) in [5.74, 6) is 0. The van der Waals surface area contributed by atoms with E-state index in [2.05, 4.69) is 0 Å². The largest absolute Gasteiger partial charge is 0.412 e. The molecule has 0 aromatic carbocycles. The van der Waals surface area contributed by atoms with Crippen LogP contribution in [0.1, 0.15) is 0 Å². The fraction of sp³-hybridized carbons (Fsp3) is 0. The van der Waals surface area contributed by atoms with E-state index in [1.165, 1.54) is 0 Å². The summed E-state index contributed by atoms with van der Waals surface area (Å²) in [6.07, 6.45) is 0. The molecule has 4 radical (unpaired) electrons. The van der Waals surface area contributed by atoms with Gasteiger partial charge in [0.25, 0.3) is 0 Å². The zero-order valence-electron chi connectivity index (χ0n) is 2.45. The van der Waals surface area contributed by atoms with E-state index in [-0.39, 0.29) is 88.5 Å². The minimum atomic E-state index is 0. The molecule has 0 spiro atoms. The second-order valence-electron chi connectivity index (χ2n) is 0. The van der Waals surface area contributed by atoms with E-state index < -0.39 is 0 Å². The van der Waals surface area contributed by atoms with Gasteiger partial charge in [0.05, 0.1) is 0 Å². The summed E-state index contributed by atoms with van der Waals surface area (Å²) in [4.78, 5) is 0. The molecule has 0 aliphatic rings. The normalized spacial score (nSPS) is 0. The van der Waals surface area contributed by atoms with Crippen molar-refractivity contribution in [1.82, 2.24) is 0 Å². The molecule has 2 nitrogen and oxygen atoms in total. The van der Waals surface area contributed by atoms with E-state index in [0.29, 0.717) is 0 Å². The minimum Gasteiger partial charge on any atom is -0.412 e. The van der Waals surface area contributed by atoms with Crippen molar-refractivity contribution < 1.29 is 11.0 Å². The fourth-order valence-electron chi connectivity index (χ4n) is 0. The molecule has 0 aromatic rings. The molecule has 4 heteroatoms. The van der Waals surface area contributed by atoms with Gasteiger partial charge in [0.1, 0.15) is 0 Å². The molecule has 22 valence electrons. The van der Waals surface area contributed by atoms with Gasteiger partial charge in [-0.15, -0.1) is 0 Å². The maximum Gasteiger partial charge on any atom is 0 e. The van der Waals surface area contributed by atoms with Crippen molar-refractivity contribution in [2.75, 3.05) is 0 Å². The smallest absolute Gasteiger partial charge is 0 e. The van der Waals surface area contributed by atoms with Crippen LogP contribution in [-0.2, 0) is 0 Å². The van der Waals surface area contributed by atoms with Gasteiger partial charge >= 0.3 is 0 Å². The average Bonchev–Trinajstić information content (AvgIpc) is 0. The molecule has 4 N–H and O–H groups in total. The topological polar surface area (TPSA) is 63.0 Å². The van der Waals surface area contributed by atoms with Gasteiger partial charge in [0.15, 0.2) is 0 Å². The van der Waals surface area contributed by atoms with Crippen molar-refractivity contribution in [1.29, 1.82) is 0 Å². The Bertz CT molecular complexity index is 6.00. The third-order valence-electron chi connectivity index (χ3n) is 0. The van der Waals surface area contributed by atoms with Crippen molar-refractivity contribution in [3.63, 3.8) is 0 Å². The molecule has 0 amide bonds. The van der Waals surface area contributed by atoms with Gasteiger partial charge in [0.2, 0.25) is 0 Å². The van der Waals surface area contributed by atoms with E-state index in [4.69, 9.17) is 0 Å². The Hall–Kier alpha value is 2.44.